The normalized spacial score (nSPS) is 26.8. The van der Waals surface area contributed by atoms with Crippen molar-refractivity contribution in [3.05, 3.63) is 6.92 Å². The Kier molecular flexibility index (Phi) is 3.71. The van der Waals surface area contributed by atoms with Crippen LogP contribution in [0.25, 0.3) is 0 Å². The molecule has 2 radical (unpaired) electrons. The zero-order chi connectivity index (χ0) is 10.7. The van der Waals surface area contributed by atoms with Crippen LogP contribution in [0.15, 0.2) is 0 Å². The van der Waals surface area contributed by atoms with E-state index in [0.29, 0.717) is 11.8 Å². The maximum Gasteiger partial charge on any atom is 0.109 e. The molecule has 0 saturated heterocycles. The lowest BCUT2D eigenvalue weighted by Gasteiger charge is -2.41. The van der Waals surface area contributed by atoms with E-state index in [-0.39, 0.29) is 0 Å². The van der Waals surface area contributed by atoms with Gasteiger partial charge < -0.3 is 0 Å². The summed E-state index contributed by atoms with van der Waals surface area (Å²) in [5.74, 6) is 0.740. The van der Waals surface area contributed by atoms with E-state index in [2.05, 4.69) is 6.92 Å². The van der Waals surface area contributed by atoms with Crippen LogP contribution in [0.2, 0.25) is 0 Å². The van der Waals surface area contributed by atoms with Crippen molar-refractivity contribution >= 4 is 0 Å². The van der Waals surface area contributed by atoms with Gasteiger partial charge in [0.1, 0.15) is 5.60 Å². The fourth-order valence-electron chi connectivity index (χ4n) is 3.52. The Hall–Kier alpha value is -0.0400. The van der Waals surface area contributed by atoms with Gasteiger partial charge in [-0.1, -0.05) is 38.5 Å². The highest BCUT2D eigenvalue weighted by Gasteiger charge is 2.41. The molecule has 2 aliphatic rings. The first-order chi connectivity index (χ1) is 7.21. The largest absolute Gasteiger partial charge is 0.229 e. The van der Waals surface area contributed by atoms with Crippen molar-refractivity contribution in [2.24, 2.45) is 11.8 Å². The average molecular weight is 208 g/mol. The molecular weight excluding hydrogens is 184 g/mol. The van der Waals surface area contributed by atoms with Gasteiger partial charge in [0.15, 0.2) is 0 Å². The van der Waals surface area contributed by atoms with Gasteiger partial charge in [-0.2, -0.15) is 0 Å². The lowest BCUT2D eigenvalue weighted by molar-refractivity contribution is -0.104. The van der Waals surface area contributed by atoms with Crippen molar-refractivity contribution in [3.8, 4) is 0 Å². The van der Waals surface area contributed by atoms with Gasteiger partial charge in [0, 0.05) is 0 Å². The van der Waals surface area contributed by atoms with Crippen LogP contribution in [0.1, 0.15) is 64.2 Å². The predicted octanol–water partition coefficient (Wildman–Crippen LogP) is 4.15. The molecule has 0 bridgehead atoms. The summed E-state index contributed by atoms with van der Waals surface area (Å²) in [4.78, 5) is 0. The molecule has 2 fully saturated rings. The van der Waals surface area contributed by atoms with Crippen molar-refractivity contribution in [1.82, 2.24) is 0 Å². The van der Waals surface area contributed by atoms with Crippen molar-refractivity contribution in [2.45, 2.75) is 69.8 Å². The van der Waals surface area contributed by atoms with Crippen LogP contribution in [0, 0.1) is 18.8 Å². The van der Waals surface area contributed by atoms with Crippen LogP contribution in [0.4, 0.5) is 0 Å². The first-order valence-corrected chi connectivity index (χ1v) is 6.77. The Morgan fingerprint density at radius 3 is 1.40 bits per heavy atom. The molecule has 0 aromatic heterocycles. The summed E-state index contributed by atoms with van der Waals surface area (Å²) in [6.45, 7) is 4.06. The summed E-state index contributed by atoms with van der Waals surface area (Å²) in [5.41, 5.74) is -0.860. The van der Waals surface area contributed by atoms with E-state index in [0.717, 1.165) is 25.7 Å². The highest BCUT2D eigenvalue weighted by Crippen LogP contribution is 2.42. The molecule has 86 valence electrons. The minimum atomic E-state index is -0.860. The maximum atomic E-state index is 12.7. The molecule has 0 atom stereocenters. The van der Waals surface area contributed by atoms with Crippen molar-refractivity contribution in [3.63, 3.8) is 0 Å². The quantitative estimate of drug-likeness (QED) is 0.649. The molecule has 2 aliphatic carbocycles. The SMILES string of the molecule is [CH2]C([O])(C1CCCCC1)C1CCCCC1. The van der Waals surface area contributed by atoms with Crippen molar-refractivity contribution in [1.29, 1.82) is 0 Å². The van der Waals surface area contributed by atoms with E-state index < -0.39 is 5.60 Å². The van der Waals surface area contributed by atoms with E-state index in [1.165, 1.54) is 38.5 Å². The van der Waals surface area contributed by atoms with Crippen LogP contribution in [-0.4, -0.2) is 5.60 Å². The molecule has 0 aliphatic heterocycles. The van der Waals surface area contributed by atoms with Crippen LogP contribution < -0.4 is 0 Å². The standard InChI is InChI=1S/C14H24O/c1-14(15,12-8-4-2-5-9-12)13-10-6-3-7-11-13/h12-13H,1-11H2. The van der Waals surface area contributed by atoms with Gasteiger partial charge in [0.05, 0.1) is 0 Å². The van der Waals surface area contributed by atoms with Crippen LogP contribution >= 0.6 is 0 Å². The molecule has 0 heterocycles. The average Bonchev–Trinajstić information content (AvgIpc) is 2.31. The Labute approximate surface area is 94.3 Å². The lowest BCUT2D eigenvalue weighted by Crippen LogP contribution is -2.43. The second kappa shape index (κ2) is 4.86. The first-order valence-electron chi connectivity index (χ1n) is 6.77. The zero-order valence-electron chi connectivity index (χ0n) is 9.84. The Bertz CT molecular complexity index is 166. The highest BCUT2D eigenvalue weighted by molar-refractivity contribution is 4.96. The fraction of sp³-hybridized carbons (Fsp3) is 0.929. The minimum Gasteiger partial charge on any atom is -0.229 e. The third kappa shape index (κ3) is 2.55. The molecule has 2 saturated carbocycles. The van der Waals surface area contributed by atoms with E-state index in [1.54, 1.807) is 0 Å². The van der Waals surface area contributed by atoms with Crippen LogP contribution in [0.5, 0.6) is 0 Å². The molecule has 2 rings (SSSR count). The highest BCUT2D eigenvalue weighted by atomic mass is 16.3. The summed E-state index contributed by atoms with van der Waals surface area (Å²) in [5, 5.41) is 12.7. The molecule has 0 unspecified atom stereocenters. The zero-order valence-corrected chi connectivity index (χ0v) is 9.84. The minimum absolute atomic E-state index is 0.370. The Balaban J connectivity index is 1.96. The smallest absolute Gasteiger partial charge is 0.109 e. The van der Waals surface area contributed by atoms with E-state index in [1.807, 2.05) is 0 Å². The molecule has 1 heteroatoms. The van der Waals surface area contributed by atoms with Crippen molar-refractivity contribution < 1.29 is 5.11 Å². The second-order valence-corrected chi connectivity index (χ2v) is 5.62. The molecule has 0 amide bonds. The van der Waals surface area contributed by atoms with Gasteiger partial charge in [0.25, 0.3) is 0 Å². The van der Waals surface area contributed by atoms with Gasteiger partial charge >= 0.3 is 0 Å². The summed E-state index contributed by atoms with van der Waals surface area (Å²) >= 11 is 0. The topological polar surface area (TPSA) is 19.9 Å². The number of hydrogen-bond donors (Lipinski definition) is 0. The third-order valence-electron chi connectivity index (χ3n) is 4.59. The molecule has 0 N–H and O–H groups in total. The molecule has 0 aromatic carbocycles. The summed E-state index contributed by atoms with van der Waals surface area (Å²) in [7, 11) is 0. The molecule has 0 spiro atoms. The van der Waals surface area contributed by atoms with Crippen LogP contribution in [-0.2, 0) is 5.11 Å². The molecular formula is C14H24O. The maximum absolute atomic E-state index is 12.7. The van der Waals surface area contributed by atoms with Crippen molar-refractivity contribution in [2.75, 3.05) is 0 Å². The number of hydrogen-bond acceptors (Lipinski definition) is 0. The third-order valence-corrected chi connectivity index (χ3v) is 4.59. The van der Waals surface area contributed by atoms with Gasteiger partial charge in [-0.15, -0.1) is 0 Å². The lowest BCUT2D eigenvalue weighted by atomic mass is 9.67. The fourth-order valence-corrected chi connectivity index (χ4v) is 3.52. The molecule has 15 heavy (non-hydrogen) atoms. The Morgan fingerprint density at radius 1 is 0.733 bits per heavy atom. The number of rotatable bonds is 2. The summed E-state index contributed by atoms with van der Waals surface area (Å²) in [6.07, 6.45) is 12.3. The van der Waals surface area contributed by atoms with Gasteiger partial charge in [0.2, 0.25) is 0 Å². The van der Waals surface area contributed by atoms with E-state index in [4.69, 9.17) is 0 Å². The molecule has 0 aromatic rings. The summed E-state index contributed by atoms with van der Waals surface area (Å²) in [6, 6.07) is 0. The molecule has 1 nitrogen and oxygen atoms in total. The Morgan fingerprint density at radius 2 is 1.07 bits per heavy atom. The predicted molar refractivity (Wildman–Crippen MR) is 61.9 cm³/mol. The van der Waals surface area contributed by atoms with Gasteiger partial charge in [-0.25, -0.2) is 5.11 Å². The van der Waals surface area contributed by atoms with Crippen LogP contribution in [0.3, 0.4) is 0 Å². The summed E-state index contributed by atoms with van der Waals surface area (Å²) < 4.78 is 0. The van der Waals surface area contributed by atoms with E-state index >= 15 is 0 Å². The first kappa shape index (κ1) is 11.4. The monoisotopic (exact) mass is 208 g/mol. The van der Waals surface area contributed by atoms with Gasteiger partial charge in [-0.3, -0.25) is 0 Å². The van der Waals surface area contributed by atoms with Gasteiger partial charge in [-0.05, 0) is 44.4 Å². The van der Waals surface area contributed by atoms with E-state index in [9.17, 15) is 5.11 Å². The second-order valence-electron chi connectivity index (χ2n) is 5.62.